The lowest BCUT2D eigenvalue weighted by Gasteiger charge is -2.27. The second-order valence-corrected chi connectivity index (χ2v) is 6.44. The molecule has 0 aliphatic carbocycles. The highest BCUT2D eigenvalue weighted by atomic mass is 16.5. The van der Waals surface area contributed by atoms with Crippen LogP contribution in [0.1, 0.15) is 37.4 Å². The van der Waals surface area contributed by atoms with E-state index in [9.17, 15) is 19.8 Å². The largest absolute Gasteiger partial charge is 0.504 e. The summed E-state index contributed by atoms with van der Waals surface area (Å²) in [7, 11) is 0. The number of Topliss-reactive ketones (excluding diaryl/α,β-unsaturated/α-hetero) is 1. The second kappa shape index (κ2) is 8.07. The third kappa shape index (κ3) is 3.52. The predicted molar refractivity (Wildman–Crippen MR) is 106 cm³/mol. The Balaban J connectivity index is 2.17. The van der Waals surface area contributed by atoms with Crippen LogP contribution in [0, 0.1) is 11.3 Å². The first-order chi connectivity index (χ1) is 13.9. The van der Waals surface area contributed by atoms with Crippen LogP contribution in [0.15, 0.2) is 53.8 Å². The van der Waals surface area contributed by atoms with E-state index in [0.717, 1.165) is 0 Å². The van der Waals surface area contributed by atoms with Crippen LogP contribution >= 0.6 is 0 Å². The summed E-state index contributed by atoms with van der Waals surface area (Å²) in [5.41, 5.74) is 1.34. The fourth-order valence-electron chi connectivity index (χ4n) is 3.33. The molecule has 0 bridgehead atoms. The van der Waals surface area contributed by atoms with Crippen molar-refractivity contribution in [2.75, 3.05) is 11.5 Å². The van der Waals surface area contributed by atoms with Gasteiger partial charge in [0, 0.05) is 12.1 Å². The zero-order valence-electron chi connectivity index (χ0n) is 16.0. The van der Waals surface area contributed by atoms with E-state index in [0.29, 0.717) is 23.4 Å². The number of carbonyl (C=O) groups is 2. The molecule has 0 spiro atoms. The molecule has 1 atom stereocenters. The molecule has 148 valence electrons. The van der Waals surface area contributed by atoms with Gasteiger partial charge in [-0.1, -0.05) is 13.0 Å². The summed E-state index contributed by atoms with van der Waals surface area (Å²) in [5.74, 6) is -1.52. The monoisotopic (exact) mass is 392 g/mol. The zero-order chi connectivity index (χ0) is 21.1. The SMILES string of the molecule is CCOc1cc(C2C(C(=O)CC)=C(O)C(=O)N2c2ccc(C#N)cc2)ccc1O. The van der Waals surface area contributed by atoms with E-state index in [2.05, 4.69) is 0 Å². The summed E-state index contributed by atoms with van der Waals surface area (Å²) >= 11 is 0. The summed E-state index contributed by atoms with van der Waals surface area (Å²) in [4.78, 5) is 26.8. The summed E-state index contributed by atoms with van der Waals surface area (Å²) in [5, 5.41) is 29.5. The predicted octanol–water partition coefficient (Wildman–Crippen LogP) is 3.54. The minimum Gasteiger partial charge on any atom is -0.504 e. The molecule has 2 N–H and O–H groups in total. The Kier molecular flexibility index (Phi) is 5.55. The van der Waals surface area contributed by atoms with Gasteiger partial charge >= 0.3 is 0 Å². The van der Waals surface area contributed by atoms with Crippen LogP contribution in [0.2, 0.25) is 0 Å². The van der Waals surface area contributed by atoms with Crippen molar-refractivity contribution in [2.45, 2.75) is 26.3 Å². The number of nitrogens with zero attached hydrogens (tertiary/aromatic N) is 2. The lowest BCUT2D eigenvalue weighted by atomic mass is 9.94. The van der Waals surface area contributed by atoms with Crippen LogP contribution in [0.4, 0.5) is 5.69 Å². The van der Waals surface area contributed by atoms with E-state index >= 15 is 0 Å². The third-order valence-electron chi connectivity index (χ3n) is 4.70. The average Bonchev–Trinajstić information content (AvgIpc) is 3.00. The van der Waals surface area contributed by atoms with Crippen molar-refractivity contribution in [3.63, 3.8) is 0 Å². The lowest BCUT2D eigenvalue weighted by molar-refractivity contribution is -0.118. The minimum absolute atomic E-state index is 0.00463. The minimum atomic E-state index is -0.886. The molecule has 7 nitrogen and oxygen atoms in total. The first-order valence-electron chi connectivity index (χ1n) is 9.18. The molecule has 0 radical (unpaired) electrons. The number of carbonyl (C=O) groups excluding carboxylic acids is 2. The summed E-state index contributed by atoms with van der Waals surface area (Å²) in [6.07, 6.45) is 0.112. The van der Waals surface area contributed by atoms with E-state index in [1.165, 1.54) is 11.0 Å². The number of aromatic hydroxyl groups is 1. The first kappa shape index (κ1) is 20.0. The van der Waals surface area contributed by atoms with Gasteiger partial charge in [-0.15, -0.1) is 0 Å². The maximum absolute atomic E-state index is 12.9. The Bertz CT molecular complexity index is 1030. The van der Waals surface area contributed by atoms with Gasteiger partial charge in [0.2, 0.25) is 0 Å². The molecule has 1 aliphatic rings. The number of aliphatic hydroxyl groups is 1. The number of anilines is 1. The number of benzene rings is 2. The molecule has 1 heterocycles. The van der Waals surface area contributed by atoms with Gasteiger partial charge in [0.1, 0.15) is 0 Å². The Hall–Kier alpha value is -3.79. The van der Waals surface area contributed by atoms with E-state index < -0.39 is 17.7 Å². The number of nitriles is 1. The van der Waals surface area contributed by atoms with Crippen molar-refractivity contribution in [3.8, 4) is 17.6 Å². The van der Waals surface area contributed by atoms with Gasteiger partial charge in [0.05, 0.1) is 29.9 Å². The molecule has 0 aromatic heterocycles. The molecule has 0 saturated carbocycles. The van der Waals surface area contributed by atoms with Crippen molar-refractivity contribution in [1.82, 2.24) is 0 Å². The second-order valence-electron chi connectivity index (χ2n) is 6.44. The molecule has 3 rings (SSSR count). The van der Waals surface area contributed by atoms with Crippen molar-refractivity contribution in [2.24, 2.45) is 0 Å². The third-order valence-corrected chi connectivity index (χ3v) is 4.70. The zero-order valence-corrected chi connectivity index (χ0v) is 16.0. The Morgan fingerprint density at radius 3 is 2.45 bits per heavy atom. The number of ether oxygens (including phenoxy) is 1. The molecule has 29 heavy (non-hydrogen) atoms. The number of hydrogen-bond donors (Lipinski definition) is 2. The quantitative estimate of drug-likeness (QED) is 0.778. The number of ketones is 1. The van der Waals surface area contributed by atoms with Crippen LogP contribution in [-0.2, 0) is 9.59 Å². The normalized spacial score (nSPS) is 16.1. The van der Waals surface area contributed by atoms with Crippen molar-refractivity contribution >= 4 is 17.4 Å². The molecule has 7 heteroatoms. The maximum atomic E-state index is 12.9. The highest BCUT2D eigenvalue weighted by Crippen LogP contribution is 2.43. The molecule has 1 unspecified atom stereocenters. The highest BCUT2D eigenvalue weighted by Gasteiger charge is 2.44. The van der Waals surface area contributed by atoms with E-state index in [1.807, 2.05) is 6.07 Å². The topological polar surface area (TPSA) is 111 Å². The van der Waals surface area contributed by atoms with Gasteiger partial charge in [-0.3, -0.25) is 14.5 Å². The van der Waals surface area contributed by atoms with Crippen LogP contribution in [-0.4, -0.2) is 28.5 Å². The van der Waals surface area contributed by atoms with Gasteiger partial charge in [-0.05, 0) is 48.9 Å². The van der Waals surface area contributed by atoms with Gasteiger partial charge in [0.15, 0.2) is 23.0 Å². The van der Waals surface area contributed by atoms with Crippen molar-refractivity contribution < 1.29 is 24.5 Å². The number of aliphatic hydroxyl groups excluding tert-OH is 1. The van der Waals surface area contributed by atoms with Crippen molar-refractivity contribution in [3.05, 3.63) is 64.9 Å². The van der Waals surface area contributed by atoms with Crippen LogP contribution in [0.5, 0.6) is 11.5 Å². The molecule has 1 aliphatic heterocycles. The van der Waals surface area contributed by atoms with Crippen molar-refractivity contribution in [1.29, 1.82) is 5.26 Å². The van der Waals surface area contributed by atoms with E-state index in [4.69, 9.17) is 10.00 Å². The average molecular weight is 392 g/mol. The highest BCUT2D eigenvalue weighted by molar-refractivity contribution is 6.16. The summed E-state index contributed by atoms with van der Waals surface area (Å²) in [6.45, 7) is 3.74. The van der Waals surface area contributed by atoms with Gasteiger partial charge in [-0.25, -0.2) is 0 Å². The molecule has 2 aromatic carbocycles. The number of hydrogen-bond acceptors (Lipinski definition) is 6. The summed E-state index contributed by atoms with van der Waals surface area (Å²) in [6, 6.07) is 11.9. The number of phenols is 1. The van der Waals surface area contributed by atoms with Crippen LogP contribution < -0.4 is 9.64 Å². The fourth-order valence-corrected chi connectivity index (χ4v) is 3.33. The van der Waals surface area contributed by atoms with E-state index in [1.54, 1.807) is 50.2 Å². The van der Waals surface area contributed by atoms with Gasteiger partial charge < -0.3 is 14.9 Å². The Labute approximate surface area is 168 Å². The Morgan fingerprint density at radius 1 is 1.17 bits per heavy atom. The number of rotatable bonds is 6. The first-order valence-corrected chi connectivity index (χ1v) is 9.18. The number of amides is 1. The molecule has 1 amide bonds. The smallest absolute Gasteiger partial charge is 0.294 e. The molecule has 0 saturated heterocycles. The van der Waals surface area contributed by atoms with Gasteiger partial charge in [0.25, 0.3) is 5.91 Å². The standard InChI is InChI=1S/C22H20N2O5/c1-3-16(25)19-20(14-7-10-17(26)18(11-14)29-4-2)24(22(28)21(19)27)15-8-5-13(12-23)6-9-15/h5-11,20,26-27H,3-4H2,1-2H3. The Morgan fingerprint density at radius 2 is 1.86 bits per heavy atom. The van der Waals surface area contributed by atoms with Crippen LogP contribution in [0.25, 0.3) is 0 Å². The molecule has 2 aromatic rings. The fraction of sp³-hybridized carbons (Fsp3) is 0.227. The van der Waals surface area contributed by atoms with Gasteiger partial charge in [-0.2, -0.15) is 5.26 Å². The van der Waals surface area contributed by atoms with E-state index in [-0.39, 0.29) is 29.3 Å². The molecular formula is C22H20N2O5. The van der Waals surface area contributed by atoms with Crippen LogP contribution in [0.3, 0.4) is 0 Å². The maximum Gasteiger partial charge on any atom is 0.294 e. The lowest BCUT2D eigenvalue weighted by Crippen LogP contribution is -2.31. The molecule has 0 fully saturated rings. The number of phenolic OH excluding ortho intramolecular Hbond substituents is 1. The summed E-state index contributed by atoms with van der Waals surface area (Å²) < 4.78 is 5.43. The molecular weight excluding hydrogens is 372 g/mol.